The molecule has 0 unspecified atom stereocenters. The summed E-state index contributed by atoms with van der Waals surface area (Å²) in [5.41, 5.74) is 1.52. The zero-order chi connectivity index (χ0) is 14.7. The lowest BCUT2D eigenvalue weighted by molar-refractivity contribution is 0.101. The second kappa shape index (κ2) is 5.93. The van der Waals surface area contributed by atoms with Crippen LogP contribution in [0.4, 0.5) is 5.13 Å². The van der Waals surface area contributed by atoms with Gasteiger partial charge in [0.1, 0.15) is 11.3 Å². The summed E-state index contributed by atoms with van der Waals surface area (Å²) in [6.07, 6.45) is 0. The molecule has 21 heavy (non-hydrogen) atoms. The van der Waals surface area contributed by atoms with Crippen LogP contribution in [-0.2, 0) is 0 Å². The number of carbonyl (C=O) groups is 1. The van der Waals surface area contributed by atoms with Crippen LogP contribution in [-0.4, -0.2) is 24.4 Å². The lowest BCUT2D eigenvalue weighted by Gasteiger charge is -2.01. The van der Waals surface area contributed by atoms with Crippen molar-refractivity contribution in [3.05, 3.63) is 54.1 Å². The standard InChI is InChI=1S/C16H14N2O2S/c1-20-13-8-5-9-14-15(13)18-16(21-14)17-10-12(19)11-6-3-2-4-7-11/h2-9H,10H2,1H3,(H,17,18). The molecule has 0 saturated heterocycles. The molecule has 0 saturated carbocycles. The van der Waals surface area contributed by atoms with E-state index in [2.05, 4.69) is 10.3 Å². The molecule has 0 radical (unpaired) electrons. The molecule has 3 rings (SSSR count). The van der Waals surface area contributed by atoms with Crippen LogP contribution in [0.5, 0.6) is 5.75 Å². The molecule has 0 aliphatic carbocycles. The molecule has 0 spiro atoms. The van der Waals surface area contributed by atoms with Crippen molar-refractivity contribution in [1.29, 1.82) is 0 Å². The fourth-order valence-electron chi connectivity index (χ4n) is 2.05. The first-order valence-electron chi connectivity index (χ1n) is 6.53. The van der Waals surface area contributed by atoms with Crippen LogP contribution in [0, 0.1) is 0 Å². The van der Waals surface area contributed by atoms with Gasteiger partial charge >= 0.3 is 0 Å². The number of ketones is 1. The van der Waals surface area contributed by atoms with Crippen LogP contribution < -0.4 is 10.1 Å². The highest BCUT2D eigenvalue weighted by atomic mass is 32.1. The number of aromatic nitrogens is 1. The summed E-state index contributed by atoms with van der Waals surface area (Å²) in [7, 11) is 1.63. The number of methoxy groups -OCH3 is 1. The SMILES string of the molecule is COc1cccc2sc(NCC(=O)c3ccccc3)nc12. The number of para-hydroxylation sites is 1. The van der Waals surface area contributed by atoms with Gasteiger partial charge < -0.3 is 10.1 Å². The molecule has 0 atom stereocenters. The van der Waals surface area contributed by atoms with E-state index in [1.165, 1.54) is 11.3 Å². The number of Topliss-reactive ketones (excluding diaryl/α,β-unsaturated/α-hetero) is 1. The van der Waals surface area contributed by atoms with Crippen molar-refractivity contribution in [3.8, 4) is 5.75 Å². The first kappa shape index (κ1) is 13.6. The van der Waals surface area contributed by atoms with Crippen LogP contribution >= 0.6 is 11.3 Å². The summed E-state index contributed by atoms with van der Waals surface area (Å²) in [5, 5.41) is 3.81. The number of anilines is 1. The van der Waals surface area contributed by atoms with Gasteiger partial charge in [0.05, 0.1) is 18.4 Å². The van der Waals surface area contributed by atoms with Gasteiger partial charge in [-0.15, -0.1) is 0 Å². The molecule has 5 heteroatoms. The van der Waals surface area contributed by atoms with Crippen molar-refractivity contribution in [3.63, 3.8) is 0 Å². The smallest absolute Gasteiger partial charge is 0.184 e. The number of rotatable bonds is 5. The zero-order valence-electron chi connectivity index (χ0n) is 11.5. The Labute approximate surface area is 126 Å². The molecule has 0 fully saturated rings. The minimum atomic E-state index is 0.0434. The average Bonchev–Trinajstić information content (AvgIpc) is 2.96. The third kappa shape index (κ3) is 2.87. The van der Waals surface area contributed by atoms with Crippen LogP contribution in [0.25, 0.3) is 10.2 Å². The van der Waals surface area contributed by atoms with Crippen molar-refractivity contribution >= 4 is 32.5 Å². The maximum Gasteiger partial charge on any atom is 0.184 e. The molecular weight excluding hydrogens is 284 g/mol. The molecule has 0 aliphatic rings. The first-order valence-corrected chi connectivity index (χ1v) is 7.35. The number of carbonyl (C=O) groups excluding carboxylic acids is 1. The third-order valence-corrected chi connectivity index (χ3v) is 4.08. The van der Waals surface area contributed by atoms with Gasteiger partial charge in [-0.2, -0.15) is 0 Å². The monoisotopic (exact) mass is 298 g/mol. The van der Waals surface area contributed by atoms with E-state index >= 15 is 0 Å². The van der Waals surface area contributed by atoms with E-state index in [-0.39, 0.29) is 12.3 Å². The third-order valence-electron chi connectivity index (χ3n) is 3.10. The van der Waals surface area contributed by atoms with E-state index in [4.69, 9.17) is 4.74 Å². The van der Waals surface area contributed by atoms with Gasteiger partial charge in [-0.1, -0.05) is 47.7 Å². The molecule has 0 aliphatic heterocycles. The Kier molecular flexibility index (Phi) is 3.83. The number of hydrogen-bond acceptors (Lipinski definition) is 5. The van der Waals surface area contributed by atoms with E-state index in [1.807, 2.05) is 48.5 Å². The van der Waals surface area contributed by atoms with Crippen molar-refractivity contribution in [1.82, 2.24) is 4.98 Å². The summed E-state index contributed by atoms with van der Waals surface area (Å²) in [5.74, 6) is 0.785. The Morgan fingerprint density at radius 2 is 2.00 bits per heavy atom. The molecule has 4 nitrogen and oxygen atoms in total. The number of hydrogen-bond donors (Lipinski definition) is 1. The second-order valence-electron chi connectivity index (χ2n) is 4.47. The number of thiazole rings is 1. The van der Waals surface area contributed by atoms with Gasteiger partial charge in [0.25, 0.3) is 0 Å². The lowest BCUT2D eigenvalue weighted by atomic mass is 10.1. The molecule has 3 aromatic rings. The molecule has 0 amide bonds. The minimum Gasteiger partial charge on any atom is -0.494 e. The Morgan fingerprint density at radius 3 is 2.76 bits per heavy atom. The van der Waals surface area contributed by atoms with Crippen molar-refractivity contribution in [2.75, 3.05) is 19.0 Å². The summed E-state index contributed by atoms with van der Waals surface area (Å²) in [4.78, 5) is 16.5. The van der Waals surface area contributed by atoms with Crippen molar-refractivity contribution in [2.24, 2.45) is 0 Å². The minimum absolute atomic E-state index is 0.0434. The largest absolute Gasteiger partial charge is 0.494 e. The Morgan fingerprint density at radius 1 is 1.19 bits per heavy atom. The van der Waals surface area contributed by atoms with E-state index < -0.39 is 0 Å². The quantitative estimate of drug-likeness (QED) is 0.731. The zero-order valence-corrected chi connectivity index (χ0v) is 12.3. The van der Waals surface area contributed by atoms with Crippen molar-refractivity contribution < 1.29 is 9.53 Å². The molecule has 2 aromatic carbocycles. The number of ether oxygens (including phenoxy) is 1. The molecule has 1 aromatic heterocycles. The summed E-state index contributed by atoms with van der Waals surface area (Å²) >= 11 is 1.51. The molecular formula is C16H14N2O2S. The molecule has 0 bridgehead atoms. The summed E-state index contributed by atoms with van der Waals surface area (Å²) < 4.78 is 6.32. The fraction of sp³-hybridized carbons (Fsp3) is 0.125. The van der Waals surface area contributed by atoms with Gasteiger partial charge in [0.2, 0.25) is 0 Å². The number of fused-ring (bicyclic) bond motifs is 1. The number of nitrogens with one attached hydrogen (secondary N) is 1. The highest BCUT2D eigenvalue weighted by molar-refractivity contribution is 7.22. The first-order chi connectivity index (χ1) is 10.3. The van der Waals surface area contributed by atoms with E-state index in [9.17, 15) is 4.79 Å². The Bertz CT molecular complexity index is 768. The lowest BCUT2D eigenvalue weighted by Crippen LogP contribution is -2.13. The highest BCUT2D eigenvalue weighted by Crippen LogP contribution is 2.31. The topological polar surface area (TPSA) is 51.2 Å². The number of nitrogens with zero attached hydrogens (tertiary/aromatic N) is 1. The Hall–Kier alpha value is -2.40. The predicted octanol–water partition coefficient (Wildman–Crippen LogP) is 3.60. The average molecular weight is 298 g/mol. The maximum atomic E-state index is 12.0. The van der Waals surface area contributed by atoms with E-state index in [0.717, 1.165) is 21.1 Å². The normalized spacial score (nSPS) is 10.5. The molecule has 1 N–H and O–H groups in total. The maximum absolute atomic E-state index is 12.0. The summed E-state index contributed by atoms with van der Waals surface area (Å²) in [6.45, 7) is 0.228. The second-order valence-corrected chi connectivity index (χ2v) is 5.50. The fourth-order valence-corrected chi connectivity index (χ4v) is 2.92. The highest BCUT2D eigenvalue weighted by Gasteiger charge is 2.10. The van der Waals surface area contributed by atoms with Gasteiger partial charge in [-0.25, -0.2) is 4.98 Å². The predicted molar refractivity (Wildman–Crippen MR) is 85.4 cm³/mol. The van der Waals surface area contributed by atoms with Gasteiger partial charge in [-0.05, 0) is 12.1 Å². The van der Waals surface area contributed by atoms with Gasteiger partial charge in [-0.3, -0.25) is 4.79 Å². The van der Waals surface area contributed by atoms with E-state index in [1.54, 1.807) is 7.11 Å². The van der Waals surface area contributed by atoms with Gasteiger partial charge in [0.15, 0.2) is 10.9 Å². The van der Waals surface area contributed by atoms with Crippen LogP contribution in [0.15, 0.2) is 48.5 Å². The summed E-state index contributed by atoms with van der Waals surface area (Å²) in [6, 6.07) is 15.0. The van der Waals surface area contributed by atoms with Crippen LogP contribution in [0.3, 0.4) is 0 Å². The number of benzene rings is 2. The van der Waals surface area contributed by atoms with Crippen LogP contribution in [0.2, 0.25) is 0 Å². The van der Waals surface area contributed by atoms with E-state index in [0.29, 0.717) is 5.56 Å². The van der Waals surface area contributed by atoms with Crippen LogP contribution in [0.1, 0.15) is 10.4 Å². The molecule has 1 heterocycles. The van der Waals surface area contributed by atoms with Gasteiger partial charge in [0, 0.05) is 5.56 Å². The van der Waals surface area contributed by atoms with Crippen molar-refractivity contribution in [2.45, 2.75) is 0 Å². The Balaban J connectivity index is 1.75. The molecule has 106 valence electrons.